The molecule has 9 heteroatoms. The van der Waals surface area contributed by atoms with Crippen LogP contribution in [0.15, 0.2) is 53.6 Å². The summed E-state index contributed by atoms with van der Waals surface area (Å²) in [4.78, 5) is 23.7. The first kappa shape index (κ1) is 27.8. The third-order valence-electron chi connectivity index (χ3n) is 6.58. The molecule has 1 aliphatic heterocycles. The van der Waals surface area contributed by atoms with Gasteiger partial charge in [-0.05, 0) is 60.6 Å². The third kappa shape index (κ3) is 9.24. The highest BCUT2D eigenvalue weighted by Crippen LogP contribution is 2.28. The number of anilines is 1. The normalized spacial score (nSPS) is 17.9. The minimum atomic E-state index is -0.684. The quantitative estimate of drug-likeness (QED) is 0.267. The molecule has 9 nitrogen and oxygen atoms in total. The van der Waals surface area contributed by atoms with E-state index in [1.807, 2.05) is 55.5 Å². The van der Waals surface area contributed by atoms with E-state index in [1.165, 1.54) is 18.4 Å². The lowest BCUT2D eigenvalue weighted by atomic mass is 9.94. The average molecular weight is 523 g/mol. The minimum Gasteiger partial charge on any atom is -0.491 e. The summed E-state index contributed by atoms with van der Waals surface area (Å²) in [5.41, 5.74) is 6.15. The molecule has 4 N–H and O–H groups in total. The fraction of sp³-hybridized carbons (Fsp3) is 0.483. The van der Waals surface area contributed by atoms with Crippen LogP contribution in [0.3, 0.4) is 0 Å². The number of aliphatic hydroxyl groups excluding tert-OH is 1. The second-order valence-electron chi connectivity index (χ2n) is 10.1. The number of benzene rings is 2. The molecule has 2 aromatic carbocycles. The first-order chi connectivity index (χ1) is 18.5. The molecule has 0 aromatic heterocycles. The van der Waals surface area contributed by atoms with Crippen molar-refractivity contribution in [2.75, 3.05) is 38.2 Å². The third-order valence-corrected chi connectivity index (χ3v) is 6.58. The van der Waals surface area contributed by atoms with Gasteiger partial charge in [0.15, 0.2) is 0 Å². The molecule has 38 heavy (non-hydrogen) atoms. The standard InChI is InChI=1S/C29H38N4O5/c1-20-16-28(36)32-33-29(20)23-6-8-24(9-7-23)31-27(35)12-14-30-17-25(34)19-38-26-10-4-21(5-11-26)13-15-37-18-22-2-3-22/h4-11,20,22,25,30,34H,2-3,12-19H2,1H3,(H,31,35)(H,32,36)/t20-,25-/m1/s1. The molecule has 0 radical (unpaired) electrons. The van der Waals surface area contributed by atoms with Gasteiger partial charge in [0, 0.05) is 44.1 Å². The highest BCUT2D eigenvalue weighted by atomic mass is 16.5. The first-order valence-corrected chi connectivity index (χ1v) is 13.4. The maximum absolute atomic E-state index is 12.3. The fourth-order valence-electron chi connectivity index (χ4n) is 4.15. The number of amides is 2. The van der Waals surface area contributed by atoms with Gasteiger partial charge >= 0.3 is 0 Å². The predicted molar refractivity (Wildman–Crippen MR) is 146 cm³/mol. The molecule has 2 atom stereocenters. The molecule has 1 saturated carbocycles. The van der Waals surface area contributed by atoms with Crippen LogP contribution in [0, 0.1) is 11.8 Å². The molecule has 2 aliphatic rings. The van der Waals surface area contributed by atoms with Crippen LogP contribution in [0.25, 0.3) is 0 Å². The van der Waals surface area contributed by atoms with Crippen LogP contribution in [-0.4, -0.2) is 61.6 Å². The first-order valence-electron chi connectivity index (χ1n) is 13.4. The molecule has 2 amide bonds. The van der Waals surface area contributed by atoms with Crippen molar-refractivity contribution < 1.29 is 24.2 Å². The second-order valence-corrected chi connectivity index (χ2v) is 10.1. The molecule has 1 aliphatic carbocycles. The van der Waals surface area contributed by atoms with Crippen molar-refractivity contribution >= 4 is 23.2 Å². The topological polar surface area (TPSA) is 121 Å². The van der Waals surface area contributed by atoms with E-state index in [1.54, 1.807) is 0 Å². The number of ether oxygens (including phenoxy) is 2. The monoisotopic (exact) mass is 522 g/mol. The Morgan fingerprint density at radius 2 is 1.92 bits per heavy atom. The Bertz CT molecular complexity index is 1080. The Morgan fingerprint density at radius 1 is 1.16 bits per heavy atom. The summed E-state index contributed by atoms with van der Waals surface area (Å²) in [6, 6.07) is 15.3. The van der Waals surface area contributed by atoms with Crippen molar-refractivity contribution in [3.05, 3.63) is 59.7 Å². The van der Waals surface area contributed by atoms with E-state index in [-0.39, 0.29) is 30.8 Å². The number of nitrogens with one attached hydrogen (secondary N) is 3. The summed E-state index contributed by atoms with van der Waals surface area (Å²) in [6.45, 7) is 4.52. The largest absolute Gasteiger partial charge is 0.491 e. The van der Waals surface area contributed by atoms with E-state index in [0.717, 1.165) is 36.8 Å². The van der Waals surface area contributed by atoms with E-state index < -0.39 is 6.10 Å². The maximum Gasteiger partial charge on any atom is 0.240 e. The minimum absolute atomic E-state index is 0.0445. The van der Waals surface area contributed by atoms with Gasteiger partial charge in [0.05, 0.1) is 12.3 Å². The van der Waals surface area contributed by atoms with Gasteiger partial charge in [0.1, 0.15) is 18.5 Å². The zero-order chi connectivity index (χ0) is 26.7. The van der Waals surface area contributed by atoms with Crippen LogP contribution in [-0.2, 0) is 20.7 Å². The van der Waals surface area contributed by atoms with Crippen molar-refractivity contribution in [3.63, 3.8) is 0 Å². The van der Waals surface area contributed by atoms with Crippen LogP contribution in [0.1, 0.15) is 43.7 Å². The van der Waals surface area contributed by atoms with Crippen molar-refractivity contribution in [2.45, 2.75) is 45.1 Å². The molecule has 0 unspecified atom stereocenters. The van der Waals surface area contributed by atoms with Crippen molar-refractivity contribution in [2.24, 2.45) is 16.9 Å². The van der Waals surface area contributed by atoms with Gasteiger partial charge in [-0.15, -0.1) is 0 Å². The Hall–Kier alpha value is -3.27. The number of carbonyl (C=O) groups excluding carboxylic acids is 2. The molecule has 2 aromatic rings. The number of aliphatic hydroxyl groups is 1. The van der Waals surface area contributed by atoms with Crippen LogP contribution in [0.5, 0.6) is 5.75 Å². The fourth-order valence-corrected chi connectivity index (χ4v) is 4.15. The Kier molecular flexibility index (Phi) is 10.3. The maximum atomic E-state index is 12.3. The smallest absolute Gasteiger partial charge is 0.240 e. The number of rotatable bonds is 15. The predicted octanol–water partition coefficient (Wildman–Crippen LogP) is 2.87. The Labute approximate surface area is 224 Å². The van der Waals surface area contributed by atoms with Gasteiger partial charge in [-0.25, -0.2) is 5.43 Å². The summed E-state index contributed by atoms with van der Waals surface area (Å²) in [5.74, 6) is 1.34. The lowest BCUT2D eigenvalue weighted by Crippen LogP contribution is -2.33. The number of hydrogen-bond acceptors (Lipinski definition) is 7. The Balaban J connectivity index is 1.07. The van der Waals surface area contributed by atoms with Crippen molar-refractivity contribution in [1.29, 1.82) is 0 Å². The lowest BCUT2D eigenvalue weighted by Gasteiger charge is -2.19. The highest BCUT2D eigenvalue weighted by molar-refractivity contribution is 6.06. The summed E-state index contributed by atoms with van der Waals surface area (Å²) in [6.07, 6.45) is 3.50. The van der Waals surface area contributed by atoms with Crippen LogP contribution in [0.4, 0.5) is 5.69 Å². The summed E-state index contributed by atoms with van der Waals surface area (Å²) >= 11 is 0. The molecule has 4 rings (SSSR count). The molecule has 1 fully saturated rings. The summed E-state index contributed by atoms with van der Waals surface area (Å²) in [5, 5.41) is 20.3. The highest BCUT2D eigenvalue weighted by Gasteiger charge is 2.22. The second kappa shape index (κ2) is 14.0. The van der Waals surface area contributed by atoms with Crippen molar-refractivity contribution in [1.82, 2.24) is 10.7 Å². The van der Waals surface area contributed by atoms with Crippen LogP contribution < -0.4 is 20.8 Å². The molecular formula is C29H38N4O5. The van der Waals surface area contributed by atoms with Gasteiger partial charge in [-0.1, -0.05) is 31.2 Å². The van der Waals surface area contributed by atoms with Gasteiger partial charge in [0.25, 0.3) is 0 Å². The van der Waals surface area contributed by atoms with E-state index >= 15 is 0 Å². The zero-order valence-corrected chi connectivity index (χ0v) is 21.9. The molecule has 1 heterocycles. The van der Waals surface area contributed by atoms with Gasteiger partial charge < -0.3 is 25.2 Å². The number of hydrogen-bond donors (Lipinski definition) is 4. The van der Waals surface area contributed by atoms with Crippen LogP contribution >= 0.6 is 0 Å². The van der Waals surface area contributed by atoms with Gasteiger partial charge in [-0.2, -0.15) is 5.10 Å². The van der Waals surface area contributed by atoms with Crippen LogP contribution in [0.2, 0.25) is 0 Å². The summed E-state index contributed by atoms with van der Waals surface area (Å²) in [7, 11) is 0. The molecule has 204 valence electrons. The number of nitrogens with zero attached hydrogens (tertiary/aromatic N) is 1. The van der Waals surface area contributed by atoms with E-state index in [0.29, 0.717) is 30.9 Å². The van der Waals surface area contributed by atoms with E-state index in [2.05, 4.69) is 21.2 Å². The van der Waals surface area contributed by atoms with Gasteiger partial charge in [0.2, 0.25) is 11.8 Å². The molecule has 0 spiro atoms. The van der Waals surface area contributed by atoms with Crippen molar-refractivity contribution in [3.8, 4) is 5.75 Å². The molecule has 0 saturated heterocycles. The number of carbonyl (C=O) groups is 2. The summed E-state index contributed by atoms with van der Waals surface area (Å²) < 4.78 is 11.4. The Morgan fingerprint density at radius 3 is 2.63 bits per heavy atom. The van der Waals surface area contributed by atoms with Gasteiger partial charge in [-0.3, -0.25) is 9.59 Å². The SMILES string of the molecule is C[C@@H]1CC(=O)NN=C1c1ccc(NC(=O)CCNC[C@@H](O)COc2ccc(CCOCC3CC3)cc2)cc1. The number of hydrazone groups is 1. The molecule has 0 bridgehead atoms. The van der Waals surface area contributed by atoms with E-state index in [4.69, 9.17) is 9.47 Å². The zero-order valence-electron chi connectivity index (χ0n) is 21.9. The van der Waals surface area contributed by atoms with E-state index in [9.17, 15) is 14.7 Å². The lowest BCUT2D eigenvalue weighted by molar-refractivity contribution is -0.122. The molecular weight excluding hydrogens is 484 g/mol. The average Bonchev–Trinajstić information content (AvgIpc) is 3.74.